The number of thiophene rings is 1. The third-order valence-electron chi connectivity index (χ3n) is 3.84. The lowest BCUT2D eigenvalue weighted by atomic mass is 9.97. The van der Waals surface area contributed by atoms with Gasteiger partial charge in [0.2, 0.25) is 0 Å². The molecule has 5 nitrogen and oxygen atoms in total. The van der Waals surface area contributed by atoms with Crippen LogP contribution < -0.4 is 10.6 Å². The number of hydrogen-bond donors (Lipinski definition) is 1. The molecule has 3 rings (SSSR count). The van der Waals surface area contributed by atoms with E-state index >= 15 is 0 Å². The summed E-state index contributed by atoms with van der Waals surface area (Å²) < 4.78 is 5.11. The summed E-state index contributed by atoms with van der Waals surface area (Å²) in [7, 11) is 0. The molecule has 2 aromatic rings. The van der Waals surface area contributed by atoms with E-state index < -0.39 is 0 Å². The largest absolute Gasteiger partial charge is 0.466 e. The van der Waals surface area contributed by atoms with E-state index in [9.17, 15) is 4.79 Å². The van der Waals surface area contributed by atoms with Crippen LogP contribution in [0.3, 0.4) is 0 Å². The van der Waals surface area contributed by atoms with Gasteiger partial charge in [-0.1, -0.05) is 0 Å². The van der Waals surface area contributed by atoms with Crippen LogP contribution in [0.4, 0.5) is 10.8 Å². The molecule has 0 amide bonds. The molecule has 1 aliphatic heterocycles. The molecule has 1 saturated heterocycles. The summed E-state index contributed by atoms with van der Waals surface area (Å²) in [5.41, 5.74) is 7.84. The Morgan fingerprint density at radius 2 is 2.18 bits per heavy atom. The fourth-order valence-electron chi connectivity index (χ4n) is 2.66. The van der Waals surface area contributed by atoms with Crippen LogP contribution in [0.25, 0.3) is 10.6 Å². The number of rotatable bonds is 4. The Balaban J connectivity index is 1.62. The number of nitrogens with zero attached hydrogens (tertiary/aromatic N) is 2. The number of anilines is 2. The van der Waals surface area contributed by atoms with Gasteiger partial charge >= 0.3 is 5.97 Å². The maximum atomic E-state index is 11.8. The minimum absolute atomic E-state index is 0.0487. The van der Waals surface area contributed by atoms with E-state index in [0.29, 0.717) is 11.7 Å². The predicted octanol–water partition coefficient (Wildman–Crippen LogP) is 3.23. The van der Waals surface area contributed by atoms with E-state index in [0.717, 1.165) is 36.5 Å². The number of carbonyl (C=O) groups is 1. The van der Waals surface area contributed by atoms with Gasteiger partial charge in [-0.25, -0.2) is 4.98 Å². The zero-order chi connectivity index (χ0) is 15.5. The van der Waals surface area contributed by atoms with Crippen LogP contribution in [0.2, 0.25) is 0 Å². The fourth-order valence-corrected chi connectivity index (χ4v) is 4.18. The first-order valence-corrected chi connectivity index (χ1v) is 9.14. The molecule has 0 bridgehead atoms. The highest BCUT2D eigenvalue weighted by Crippen LogP contribution is 2.34. The lowest BCUT2D eigenvalue weighted by molar-refractivity contribution is -0.148. The van der Waals surface area contributed by atoms with E-state index in [4.69, 9.17) is 10.5 Å². The van der Waals surface area contributed by atoms with Gasteiger partial charge in [0.1, 0.15) is 0 Å². The first kappa shape index (κ1) is 15.3. The number of carbonyl (C=O) groups excluding carboxylic acids is 1. The Morgan fingerprint density at radius 1 is 1.41 bits per heavy atom. The van der Waals surface area contributed by atoms with Gasteiger partial charge in [-0.3, -0.25) is 4.79 Å². The normalized spacial score (nSPS) is 16.0. The van der Waals surface area contributed by atoms with Crippen LogP contribution >= 0.6 is 22.7 Å². The maximum absolute atomic E-state index is 11.8. The number of aromatic nitrogens is 1. The molecular formula is C15H19N3O2S2. The Morgan fingerprint density at radius 3 is 2.82 bits per heavy atom. The molecule has 2 aromatic heterocycles. The molecule has 22 heavy (non-hydrogen) atoms. The van der Waals surface area contributed by atoms with E-state index in [1.54, 1.807) is 11.3 Å². The molecule has 7 heteroatoms. The Kier molecular flexibility index (Phi) is 4.63. The topological polar surface area (TPSA) is 68.5 Å². The van der Waals surface area contributed by atoms with Crippen LogP contribution in [0.15, 0.2) is 16.8 Å². The molecule has 0 atom stereocenters. The Bertz CT molecular complexity index is 645. The van der Waals surface area contributed by atoms with Crippen molar-refractivity contribution >= 4 is 39.5 Å². The van der Waals surface area contributed by atoms with Crippen molar-refractivity contribution in [3.8, 4) is 10.6 Å². The Hall–Kier alpha value is -1.60. The highest BCUT2D eigenvalue weighted by molar-refractivity contribution is 7.16. The van der Waals surface area contributed by atoms with Crippen molar-refractivity contribution in [3.63, 3.8) is 0 Å². The number of piperidine rings is 1. The molecule has 1 fully saturated rings. The molecule has 3 heterocycles. The lowest BCUT2D eigenvalue weighted by Crippen LogP contribution is -2.36. The summed E-state index contributed by atoms with van der Waals surface area (Å²) in [6.45, 7) is 4.09. The third kappa shape index (κ3) is 3.25. The molecule has 0 unspecified atom stereocenters. The second-order valence-corrected chi connectivity index (χ2v) is 7.05. The van der Waals surface area contributed by atoms with E-state index in [1.165, 1.54) is 17.0 Å². The molecule has 2 N–H and O–H groups in total. The van der Waals surface area contributed by atoms with Crippen LogP contribution in [0.1, 0.15) is 19.8 Å². The summed E-state index contributed by atoms with van der Waals surface area (Å²) >= 11 is 3.14. The van der Waals surface area contributed by atoms with Crippen LogP contribution in [-0.4, -0.2) is 30.6 Å². The van der Waals surface area contributed by atoms with Crippen molar-refractivity contribution in [2.24, 2.45) is 5.92 Å². The lowest BCUT2D eigenvalue weighted by Gasteiger charge is -2.31. The Labute approximate surface area is 137 Å². The second kappa shape index (κ2) is 6.66. The average Bonchev–Trinajstić information content (AvgIpc) is 3.16. The number of ether oxygens (including phenoxy) is 1. The number of hydrogen-bond acceptors (Lipinski definition) is 7. The van der Waals surface area contributed by atoms with Crippen LogP contribution in [-0.2, 0) is 9.53 Å². The van der Waals surface area contributed by atoms with E-state index in [2.05, 4.69) is 21.3 Å². The molecule has 0 aliphatic carbocycles. The standard InChI is InChI=1S/C15H19N3O2S2/c1-2-20-14(19)10-3-5-18(6-4-10)11-7-13(21-8-11)12-9-22-15(16)17-12/h7-10H,2-6H2,1H3,(H2,16,17). The van der Waals surface area contributed by atoms with Crippen LogP contribution in [0, 0.1) is 5.92 Å². The molecule has 1 aliphatic rings. The minimum Gasteiger partial charge on any atom is -0.466 e. The van der Waals surface area contributed by atoms with Gasteiger partial charge < -0.3 is 15.4 Å². The van der Waals surface area contributed by atoms with Crippen molar-refractivity contribution in [1.82, 2.24) is 4.98 Å². The SMILES string of the molecule is CCOC(=O)C1CCN(c2csc(-c3csc(N)n3)c2)CC1. The highest BCUT2D eigenvalue weighted by atomic mass is 32.1. The molecule has 0 aromatic carbocycles. The summed E-state index contributed by atoms with van der Waals surface area (Å²) in [5.74, 6) is -0.00116. The van der Waals surface area contributed by atoms with Crippen molar-refractivity contribution in [2.75, 3.05) is 30.3 Å². The van der Waals surface area contributed by atoms with Gasteiger partial charge in [0.05, 0.1) is 23.1 Å². The third-order valence-corrected chi connectivity index (χ3v) is 5.45. The number of nitrogen functional groups attached to an aromatic ring is 1. The van der Waals surface area contributed by atoms with Gasteiger partial charge in [0, 0.05) is 29.5 Å². The van der Waals surface area contributed by atoms with Gasteiger partial charge in [-0.05, 0) is 25.8 Å². The van der Waals surface area contributed by atoms with E-state index in [-0.39, 0.29) is 11.9 Å². The van der Waals surface area contributed by atoms with Crippen molar-refractivity contribution in [2.45, 2.75) is 19.8 Å². The van der Waals surface area contributed by atoms with Gasteiger partial charge in [0.25, 0.3) is 0 Å². The minimum atomic E-state index is -0.0499. The van der Waals surface area contributed by atoms with Gasteiger partial charge in [-0.2, -0.15) is 0 Å². The highest BCUT2D eigenvalue weighted by Gasteiger charge is 2.26. The smallest absolute Gasteiger partial charge is 0.309 e. The number of nitrogens with two attached hydrogens (primary N) is 1. The molecule has 0 saturated carbocycles. The number of esters is 1. The molecule has 0 radical (unpaired) electrons. The van der Waals surface area contributed by atoms with Crippen molar-refractivity contribution in [1.29, 1.82) is 0 Å². The zero-order valence-corrected chi connectivity index (χ0v) is 14.1. The second-order valence-electron chi connectivity index (χ2n) is 5.25. The molecular weight excluding hydrogens is 318 g/mol. The van der Waals surface area contributed by atoms with Crippen molar-refractivity contribution in [3.05, 3.63) is 16.8 Å². The number of thiazole rings is 1. The summed E-state index contributed by atoms with van der Waals surface area (Å²) in [4.78, 5) is 19.6. The summed E-state index contributed by atoms with van der Waals surface area (Å²) in [6.07, 6.45) is 1.71. The monoisotopic (exact) mass is 337 g/mol. The van der Waals surface area contributed by atoms with E-state index in [1.807, 2.05) is 12.3 Å². The molecule has 118 valence electrons. The summed E-state index contributed by atoms with van der Waals surface area (Å²) in [5, 5.41) is 4.73. The van der Waals surface area contributed by atoms with Crippen molar-refractivity contribution < 1.29 is 9.53 Å². The van der Waals surface area contributed by atoms with Crippen LogP contribution in [0.5, 0.6) is 0 Å². The summed E-state index contributed by atoms with van der Waals surface area (Å²) in [6, 6.07) is 2.16. The predicted molar refractivity (Wildman–Crippen MR) is 91.4 cm³/mol. The first-order chi connectivity index (χ1) is 10.7. The fraction of sp³-hybridized carbons (Fsp3) is 0.467. The maximum Gasteiger partial charge on any atom is 0.309 e. The first-order valence-electron chi connectivity index (χ1n) is 7.39. The quantitative estimate of drug-likeness (QED) is 0.868. The van der Waals surface area contributed by atoms with Gasteiger partial charge in [-0.15, -0.1) is 22.7 Å². The average molecular weight is 337 g/mol. The molecule has 0 spiro atoms. The zero-order valence-electron chi connectivity index (χ0n) is 12.4. The van der Waals surface area contributed by atoms with Gasteiger partial charge in [0.15, 0.2) is 5.13 Å².